The Labute approximate surface area is 133 Å². The lowest BCUT2D eigenvalue weighted by molar-refractivity contribution is 0.0599. The van der Waals surface area contributed by atoms with Crippen molar-refractivity contribution in [1.82, 2.24) is 4.90 Å². The predicted octanol–water partition coefficient (Wildman–Crippen LogP) is 4.11. The molecule has 0 N–H and O–H groups in total. The van der Waals surface area contributed by atoms with E-state index in [4.69, 9.17) is 20.8 Å². The fourth-order valence-electron chi connectivity index (χ4n) is 2.09. The third-order valence-corrected chi connectivity index (χ3v) is 4.42. The summed E-state index contributed by atoms with van der Waals surface area (Å²) in [4.78, 5) is 15.0. The molecule has 0 aliphatic heterocycles. The molecule has 0 fully saturated rings. The molecule has 4 nitrogen and oxygen atoms in total. The molecule has 2 aromatic heterocycles. The standard InChI is InChI=1S/C15H18ClNO3S/c1-4-17(9-12-5-6-14(16)21-12)8-11-7-13(10(2)20-11)15(18)19-3/h5-7H,4,8-9H2,1-3H3. The Morgan fingerprint density at radius 1 is 1.43 bits per heavy atom. The Bertz CT molecular complexity index is 620. The van der Waals surface area contributed by atoms with Gasteiger partial charge < -0.3 is 9.15 Å². The third-order valence-electron chi connectivity index (χ3n) is 3.21. The lowest BCUT2D eigenvalue weighted by Gasteiger charge is -2.17. The number of methoxy groups -OCH3 is 1. The highest BCUT2D eigenvalue weighted by molar-refractivity contribution is 7.16. The maximum atomic E-state index is 11.6. The molecule has 0 atom stereocenters. The second-order valence-corrected chi connectivity index (χ2v) is 6.48. The molecule has 0 spiro atoms. The van der Waals surface area contributed by atoms with Crippen molar-refractivity contribution in [3.63, 3.8) is 0 Å². The first-order valence-electron chi connectivity index (χ1n) is 6.67. The van der Waals surface area contributed by atoms with Gasteiger partial charge in [0.25, 0.3) is 0 Å². The molecule has 2 rings (SSSR count). The second-order valence-electron chi connectivity index (χ2n) is 4.68. The molecule has 21 heavy (non-hydrogen) atoms. The number of carbonyl (C=O) groups excluding carboxylic acids is 1. The highest BCUT2D eigenvalue weighted by Crippen LogP contribution is 2.24. The summed E-state index contributed by atoms with van der Waals surface area (Å²) in [6.45, 7) is 6.19. The van der Waals surface area contributed by atoms with E-state index >= 15 is 0 Å². The first-order valence-corrected chi connectivity index (χ1v) is 7.87. The van der Waals surface area contributed by atoms with Gasteiger partial charge in [-0.05, 0) is 31.7 Å². The van der Waals surface area contributed by atoms with Crippen LogP contribution >= 0.6 is 22.9 Å². The van der Waals surface area contributed by atoms with Crippen LogP contribution in [0.5, 0.6) is 0 Å². The maximum absolute atomic E-state index is 11.6. The fraction of sp³-hybridized carbons (Fsp3) is 0.400. The highest BCUT2D eigenvalue weighted by atomic mass is 35.5. The molecule has 0 aromatic carbocycles. The van der Waals surface area contributed by atoms with Gasteiger partial charge in [-0.25, -0.2) is 4.79 Å². The first kappa shape index (κ1) is 16.1. The SMILES string of the molecule is CCN(Cc1cc(C(=O)OC)c(C)o1)Cc1ccc(Cl)s1. The van der Waals surface area contributed by atoms with Crippen molar-refractivity contribution in [3.05, 3.63) is 44.5 Å². The first-order chi connectivity index (χ1) is 10.0. The quantitative estimate of drug-likeness (QED) is 0.749. The Morgan fingerprint density at radius 3 is 2.76 bits per heavy atom. The molecule has 2 heterocycles. The number of thiophene rings is 1. The fourth-order valence-corrected chi connectivity index (χ4v) is 3.22. The minimum atomic E-state index is -0.365. The van der Waals surface area contributed by atoms with Gasteiger partial charge in [-0.3, -0.25) is 4.90 Å². The van der Waals surface area contributed by atoms with Gasteiger partial charge in [-0.15, -0.1) is 11.3 Å². The van der Waals surface area contributed by atoms with Crippen molar-refractivity contribution < 1.29 is 13.9 Å². The smallest absolute Gasteiger partial charge is 0.341 e. The van der Waals surface area contributed by atoms with Crippen LogP contribution in [0.4, 0.5) is 0 Å². The molecule has 6 heteroatoms. The highest BCUT2D eigenvalue weighted by Gasteiger charge is 2.17. The van der Waals surface area contributed by atoms with Crippen LogP contribution in [-0.2, 0) is 17.8 Å². The number of halogens is 1. The van der Waals surface area contributed by atoms with Crippen LogP contribution in [0, 0.1) is 6.92 Å². The zero-order chi connectivity index (χ0) is 15.4. The topological polar surface area (TPSA) is 42.7 Å². The molecular weight excluding hydrogens is 310 g/mol. The number of esters is 1. The van der Waals surface area contributed by atoms with Crippen molar-refractivity contribution in [2.45, 2.75) is 26.9 Å². The molecule has 0 bridgehead atoms. The summed E-state index contributed by atoms with van der Waals surface area (Å²) in [6.07, 6.45) is 0. The number of hydrogen-bond donors (Lipinski definition) is 0. The van der Waals surface area contributed by atoms with Crippen molar-refractivity contribution in [3.8, 4) is 0 Å². The summed E-state index contributed by atoms with van der Waals surface area (Å²) in [5.74, 6) is 0.986. The molecule has 0 saturated heterocycles. The minimum Gasteiger partial charge on any atom is -0.465 e. The molecular formula is C15H18ClNO3S. The molecule has 0 saturated carbocycles. The Morgan fingerprint density at radius 2 is 2.19 bits per heavy atom. The third kappa shape index (κ3) is 4.09. The van der Waals surface area contributed by atoms with E-state index in [0.29, 0.717) is 17.9 Å². The van der Waals surface area contributed by atoms with E-state index in [1.54, 1.807) is 24.3 Å². The summed E-state index contributed by atoms with van der Waals surface area (Å²) in [5, 5.41) is 0. The van der Waals surface area contributed by atoms with E-state index in [-0.39, 0.29) is 5.97 Å². The lowest BCUT2D eigenvalue weighted by Crippen LogP contribution is -2.21. The van der Waals surface area contributed by atoms with E-state index in [9.17, 15) is 4.79 Å². The van der Waals surface area contributed by atoms with Crippen molar-refractivity contribution in [2.24, 2.45) is 0 Å². The van der Waals surface area contributed by atoms with Crippen molar-refractivity contribution in [2.75, 3.05) is 13.7 Å². The van der Waals surface area contributed by atoms with E-state index in [1.807, 2.05) is 12.1 Å². The number of carbonyl (C=O) groups is 1. The van der Waals surface area contributed by atoms with Gasteiger partial charge in [0.2, 0.25) is 0 Å². The Hall–Kier alpha value is -1.30. The van der Waals surface area contributed by atoms with Gasteiger partial charge in [-0.2, -0.15) is 0 Å². The van der Waals surface area contributed by atoms with Crippen LogP contribution in [0.3, 0.4) is 0 Å². The van der Waals surface area contributed by atoms with E-state index < -0.39 is 0 Å². The van der Waals surface area contributed by atoms with Gasteiger partial charge in [0.1, 0.15) is 17.1 Å². The van der Waals surface area contributed by atoms with Crippen molar-refractivity contribution in [1.29, 1.82) is 0 Å². The predicted molar refractivity (Wildman–Crippen MR) is 83.9 cm³/mol. The van der Waals surface area contributed by atoms with Gasteiger partial charge >= 0.3 is 5.97 Å². The van der Waals surface area contributed by atoms with E-state index in [2.05, 4.69) is 11.8 Å². The van der Waals surface area contributed by atoms with E-state index in [0.717, 1.165) is 23.2 Å². The average Bonchev–Trinajstić information content (AvgIpc) is 3.03. The maximum Gasteiger partial charge on any atom is 0.341 e. The van der Waals surface area contributed by atoms with Crippen LogP contribution in [0.25, 0.3) is 0 Å². The molecule has 0 unspecified atom stereocenters. The summed E-state index contributed by atoms with van der Waals surface area (Å²) >= 11 is 7.53. The van der Waals surface area contributed by atoms with Gasteiger partial charge in [0, 0.05) is 11.4 Å². The minimum absolute atomic E-state index is 0.365. The normalized spacial score (nSPS) is 11.1. The van der Waals surface area contributed by atoms with Gasteiger partial charge in [-0.1, -0.05) is 18.5 Å². The van der Waals surface area contributed by atoms with E-state index in [1.165, 1.54) is 12.0 Å². The number of nitrogens with zero attached hydrogens (tertiary/aromatic N) is 1. The number of furan rings is 1. The Balaban J connectivity index is 2.06. The Kier molecular flexibility index (Phi) is 5.45. The average molecular weight is 328 g/mol. The number of ether oxygens (including phenoxy) is 1. The second kappa shape index (κ2) is 7.11. The van der Waals surface area contributed by atoms with Gasteiger partial charge in [0.15, 0.2) is 0 Å². The van der Waals surface area contributed by atoms with Crippen LogP contribution < -0.4 is 0 Å². The largest absolute Gasteiger partial charge is 0.465 e. The van der Waals surface area contributed by atoms with Crippen LogP contribution in [0.2, 0.25) is 4.34 Å². The molecule has 0 aliphatic rings. The molecule has 114 valence electrons. The molecule has 0 radical (unpaired) electrons. The van der Waals surface area contributed by atoms with Crippen LogP contribution in [-0.4, -0.2) is 24.5 Å². The number of rotatable bonds is 6. The molecule has 0 amide bonds. The summed E-state index contributed by atoms with van der Waals surface area (Å²) in [5.41, 5.74) is 0.489. The lowest BCUT2D eigenvalue weighted by atomic mass is 10.2. The molecule has 0 aliphatic carbocycles. The van der Waals surface area contributed by atoms with Crippen LogP contribution in [0.1, 0.15) is 33.7 Å². The molecule has 2 aromatic rings. The number of hydrogen-bond acceptors (Lipinski definition) is 5. The van der Waals surface area contributed by atoms with Crippen LogP contribution in [0.15, 0.2) is 22.6 Å². The zero-order valence-electron chi connectivity index (χ0n) is 12.3. The summed E-state index contributed by atoms with van der Waals surface area (Å²) < 4.78 is 11.2. The monoisotopic (exact) mass is 327 g/mol. The zero-order valence-corrected chi connectivity index (χ0v) is 13.9. The summed E-state index contributed by atoms with van der Waals surface area (Å²) in [6, 6.07) is 5.69. The summed E-state index contributed by atoms with van der Waals surface area (Å²) in [7, 11) is 1.37. The van der Waals surface area contributed by atoms with Gasteiger partial charge in [0.05, 0.1) is 18.0 Å². The van der Waals surface area contributed by atoms with Crippen molar-refractivity contribution >= 4 is 28.9 Å². The number of aryl methyl sites for hydroxylation is 1.